The van der Waals surface area contributed by atoms with Crippen LogP contribution >= 0.6 is 24.0 Å². The minimum absolute atomic E-state index is 0. The van der Waals surface area contributed by atoms with E-state index in [-0.39, 0.29) is 46.8 Å². The molecule has 3 rings (SSSR count). The largest absolute Gasteiger partial charge is 0.378 e. The molecule has 2 fully saturated rings. The number of halogens is 1. The summed E-state index contributed by atoms with van der Waals surface area (Å²) in [5.41, 5.74) is 0.603. The Bertz CT molecular complexity index is 722. The predicted octanol–water partition coefficient (Wildman–Crippen LogP) is 3.64. The van der Waals surface area contributed by atoms with Crippen molar-refractivity contribution in [3.8, 4) is 0 Å². The highest BCUT2D eigenvalue weighted by Crippen LogP contribution is 2.22. The number of nitrogens with zero attached hydrogens (tertiary/aromatic N) is 3. The van der Waals surface area contributed by atoms with Gasteiger partial charge in [-0.15, -0.1) is 24.0 Å². The maximum absolute atomic E-state index is 11.1. The zero-order valence-electron chi connectivity index (χ0n) is 18.8. The number of hydrogen-bond donors (Lipinski definition) is 2. The van der Waals surface area contributed by atoms with Gasteiger partial charge < -0.3 is 25.0 Å². The van der Waals surface area contributed by atoms with Gasteiger partial charge in [0.15, 0.2) is 5.96 Å². The van der Waals surface area contributed by atoms with E-state index in [0.717, 1.165) is 51.5 Å². The van der Waals surface area contributed by atoms with Crippen LogP contribution in [0.5, 0.6) is 0 Å². The van der Waals surface area contributed by atoms with Crippen LogP contribution in [0.2, 0.25) is 0 Å². The van der Waals surface area contributed by atoms with E-state index >= 15 is 0 Å². The third-order valence-corrected chi connectivity index (χ3v) is 5.66. The molecule has 0 radical (unpaired) electrons. The fourth-order valence-electron chi connectivity index (χ4n) is 3.98. The number of anilines is 1. The minimum Gasteiger partial charge on any atom is -0.378 e. The smallest absolute Gasteiger partial charge is 0.292 e. The van der Waals surface area contributed by atoms with Gasteiger partial charge in [-0.25, -0.2) is 0 Å². The predicted molar refractivity (Wildman–Crippen MR) is 137 cm³/mol. The van der Waals surface area contributed by atoms with Crippen LogP contribution in [0.1, 0.15) is 39.0 Å². The lowest BCUT2D eigenvalue weighted by Gasteiger charge is -2.35. The summed E-state index contributed by atoms with van der Waals surface area (Å²) in [7, 11) is 0. The molecule has 1 atom stereocenters. The number of piperidine rings is 1. The molecule has 2 N–H and O–H groups in total. The monoisotopic (exact) mass is 561 g/mol. The van der Waals surface area contributed by atoms with Crippen LogP contribution in [0.15, 0.2) is 29.3 Å². The number of benzene rings is 1. The highest BCUT2D eigenvalue weighted by Gasteiger charge is 2.23. The first kappa shape index (κ1) is 26.6. The van der Waals surface area contributed by atoms with Crippen molar-refractivity contribution in [3.05, 3.63) is 34.4 Å². The Morgan fingerprint density at radius 3 is 2.75 bits per heavy atom. The van der Waals surface area contributed by atoms with E-state index < -0.39 is 0 Å². The van der Waals surface area contributed by atoms with Gasteiger partial charge >= 0.3 is 0 Å². The first-order chi connectivity index (χ1) is 15.2. The van der Waals surface area contributed by atoms with Crippen molar-refractivity contribution >= 4 is 41.3 Å². The molecule has 10 heteroatoms. The first-order valence-electron chi connectivity index (χ1n) is 11.4. The molecular weight excluding hydrogens is 525 g/mol. The summed E-state index contributed by atoms with van der Waals surface area (Å²) < 4.78 is 11.9. The minimum atomic E-state index is -0.373. The van der Waals surface area contributed by atoms with Crippen molar-refractivity contribution in [2.24, 2.45) is 4.99 Å². The van der Waals surface area contributed by atoms with E-state index in [9.17, 15) is 10.1 Å². The van der Waals surface area contributed by atoms with Crippen LogP contribution in [0, 0.1) is 10.1 Å². The molecule has 2 saturated heterocycles. The van der Waals surface area contributed by atoms with Crippen LogP contribution in [0.3, 0.4) is 0 Å². The average Bonchev–Trinajstić information content (AvgIpc) is 2.81. The lowest BCUT2D eigenvalue weighted by atomic mass is 10.1. The molecule has 180 valence electrons. The van der Waals surface area contributed by atoms with Gasteiger partial charge in [-0.1, -0.05) is 12.1 Å². The average molecular weight is 561 g/mol. The second-order valence-corrected chi connectivity index (χ2v) is 7.95. The fraction of sp³-hybridized carbons (Fsp3) is 0.682. The normalized spacial score (nSPS) is 19.8. The standard InChI is InChI=1S/C22H35N5O4.HI/c1-2-23-22(25-13-12-24-20-8-3-4-9-21(20)27(28)29)26-14-10-18(11-15-26)31-17-19-7-5-6-16-30-19;/h3-4,8-9,18-19,24H,2,5-7,10-17H2,1H3,(H,23,25);1H. The Hall–Kier alpha value is -1.66. The van der Waals surface area contributed by atoms with Gasteiger partial charge in [-0.2, -0.15) is 0 Å². The summed E-state index contributed by atoms with van der Waals surface area (Å²) >= 11 is 0. The first-order valence-corrected chi connectivity index (χ1v) is 11.4. The molecule has 1 aromatic carbocycles. The van der Waals surface area contributed by atoms with Crippen LogP contribution < -0.4 is 10.6 Å². The van der Waals surface area contributed by atoms with Gasteiger partial charge in [-0.05, 0) is 45.1 Å². The number of aliphatic imine (C=N–C) groups is 1. The second-order valence-electron chi connectivity index (χ2n) is 7.95. The Balaban J connectivity index is 0.00000363. The van der Waals surface area contributed by atoms with E-state index in [1.807, 2.05) is 0 Å². The Morgan fingerprint density at radius 2 is 2.06 bits per heavy atom. The molecule has 32 heavy (non-hydrogen) atoms. The lowest BCUT2D eigenvalue weighted by molar-refractivity contribution is -0.384. The second kappa shape index (κ2) is 14.5. The molecule has 1 aromatic rings. The lowest BCUT2D eigenvalue weighted by Crippen LogP contribution is -2.47. The van der Waals surface area contributed by atoms with Crippen molar-refractivity contribution in [2.45, 2.75) is 51.2 Å². The van der Waals surface area contributed by atoms with Crippen molar-refractivity contribution in [3.63, 3.8) is 0 Å². The third-order valence-electron chi connectivity index (χ3n) is 5.66. The maximum atomic E-state index is 11.1. The fourth-order valence-corrected chi connectivity index (χ4v) is 3.98. The molecule has 2 heterocycles. The van der Waals surface area contributed by atoms with Crippen molar-refractivity contribution < 1.29 is 14.4 Å². The summed E-state index contributed by atoms with van der Waals surface area (Å²) in [5, 5.41) is 17.6. The number of hydrogen-bond acceptors (Lipinski definition) is 6. The molecular formula is C22H36IN5O4. The molecule has 9 nitrogen and oxygen atoms in total. The van der Waals surface area contributed by atoms with E-state index in [0.29, 0.717) is 25.4 Å². The summed E-state index contributed by atoms with van der Waals surface area (Å²) in [5.74, 6) is 0.890. The number of nitro groups is 1. The van der Waals surface area contributed by atoms with Crippen LogP contribution in [-0.4, -0.2) is 73.9 Å². The highest BCUT2D eigenvalue weighted by atomic mass is 127. The Morgan fingerprint density at radius 1 is 1.28 bits per heavy atom. The summed E-state index contributed by atoms with van der Waals surface area (Å²) in [6.45, 7) is 7.29. The summed E-state index contributed by atoms with van der Waals surface area (Å²) in [6, 6.07) is 6.67. The van der Waals surface area contributed by atoms with E-state index in [4.69, 9.17) is 14.5 Å². The number of ether oxygens (including phenoxy) is 2. The van der Waals surface area contributed by atoms with Gasteiger partial charge in [-0.3, -0.25) is 15.1 Å². The van der Waals surface area contributed by atoms with Crippen molar-refractivity contribution in [1.82, 2.24) is 10.2 Å². The van der Waals surface area contributed by atoms with Gasteiger partial charge in [0.1, 0.15) is 5.69 Å². The number of nitrogens with one attached hydrogen (secondary N) is 2. The van der Waals surface area contributed by atoms with Gasteiger partial charge in [0, 0.05) is 38.9 Å². The molecule has 0 spiro atoms. The summed E-state index contributed by atoms with van der Waals surface area (Å²) in [6.07, 6.45) is 6.01. The third kappa shape index (κ3) is 8.36. The van der Waals surface area contributed by atoms with E-state index in [1.165, 1.54) is 18.9 Å². The van der Waals surface area contributed by atoms with Gasteiger partial charge in [0.2, 0.25) is 0 Å². The Labute approximate surface area is 207 Å². The molecule has 0 bridgehead atoms. The molecule has 2 aliphatic rings. The number of rotatable bonds is 9. The number of para-hydroxylation sites is 2. The number of guanidine groups is 1. The van der Waals surface area contributed by atoms with Crippen molar-refractivity contribution in [1.29, 1.82) is 0 Å². The number of nitro benzene ring substituents is 1. The highest BCUT2D eigenvalue weighted by molar-refractivity contribution is 14.0. The van der Waals surface area contributed by atoms with Gasteiger partial charge in [0.25, 0.3) is 5.69 Å². The zero-order valence-corrected chi connectivity index (χ0v) is 21.2. The van der Waals surface area contributed by atoms with Crippen LogP contribution in [-0.2, 0) is 9.47 Å². The number of likely N-dealkylation sites (tertiary alicyclic amines) is 1. The van der Waals surface area contributed by atoms with E-state index in [1.54, 1.807) is 18.2 Å². The molecule has 2 aliphatic heterocycles. The SMILES string of the molecule is CCNC(=NCCNc1ccccc1[N+](=O)[O-])N1CCC(OCC2CCCCO2)CC1.I. The molecule has 1 unspecified atom stereocenters. The van der Waals surface area contributed by atoms with E-state index in [2.05, 4.69) is 22.5 Å². The topological polar surface area (TPSA) is 101 Å². The van der Waals surface area contributed by atoms with Crippen LogP contribution in [0.4, 0.5) is 11.4 Å². The molecule has 0 amide bonds. The summed E-state index contributed by atoms with van der Waals surface area (Å²) in [4.78, 5) is 17.7. The van der Waals surface area contributed by atoms with Crippen LogP contribution in [0.25, 0.3) is 0 Å². The molecule has 0 saturated carbocycles. The maximum Gasteiger partial charge on any atom is 0.292 e. The zero-order chi connectivity index (χ0) is 21.9. The molecule has 0 aromatic heterocycles. The Kier molecular flexibility index (Phi) is 12.0. The van der Waals surface area contributed by atoms with Gasteiger partial charge in [0.05, 0.1) is 30.3 Å². The molecule has 0 aliphatic carbocycles. The van der Waals surface area contributed by atoms with Crippen molar-refractivity contribution in [2.75, 3.05) is 51.3 Å². The quantitative estimate of drug-likeness (QED) is 0.119.